The molecule has 0 radical (unpaired) electrons. The average Bonchev–Trinajstić information content (AvgIpc) is 2.64. The van der Waals surface area contributed by atoms with E-state index in [0.29, 0.717) is 28.5 Å². The van der Waals surface area contributed by atoms with E-state index in [0.717, 1.165) is 30.8 Å². The van der Waals surface area contributed by atoms with Crippen LogP contribution in [0.5, 0.6) is 0 Å². The molecule has 2 aromatic carbocycles. The third-order valence-electron chi connectivity index (χ3n) is 5.40. The van der Waals surface area contributed by atoms with Gasteiger partial charge in [0.15, 0.2) is 0 Å². The van der Waals surface area contributed by atoms with E-state index < -0.39 is 6.10 Å². The van der Waals surface area contributed by atoms with Crippen molar-refractivity contribution < 1.29 is 14.7 Å². The Morgan fingerprint density at radius 2 is 1.39 bits per heavy atom. The normalized spacial score (nSPS) is 23.7. The molecule has 0 aliphatic carbocycles. The summed E-state index contributed by atoms with van der Waals surface area (Å²) in [6.07, 6.45) is 0.527. The highest BCUT2D eigenvalue weighted by Gasteiger charge is 2.27. The van der Waals surface area contributed by atoms with Crippen LogP contribution in [0.3, 0.4) is 0 Å². The van der Waals surface area contributed by atoms with E-state index in [4.69, 9.17) is 27.9 Å². The standard InChI is InChI=1S/C23H29Cl2NO2/c1-16-11-17(2)13-26(12-16)14-22(27)15-28-23(18-3-7-20(24)8-4-18)19-5-9-21(25)10-6-19/h3-10,16-17,22-23,27H,11-15H2,1-2H3/p+1/t16-,17+,22-/m0/s1. The monoisotopic (exact) mass is 422 g/mol. The topological polar surface area (TPSA) is 33.9 Å². The Morgan fingerprint density at radius 1 is 0.929 bits per heavy atom. The van der Waals surface area contributed by atoms with Gasteiger partial charge in [-0.2, -0.15) is 0 Å². The first-order chi connectivity index (χ1) is 13.4. The van der Waals surface area contributed by atoms with Gasteiger partial charge in [-0.25, -0.2) is 0 Å². The van der Waals surface area contributed by atoms with Crippen molar-refractivity contribution in [1.29, 1.82) is 0 Å². The smallest absolute Gasteiger partial charge is 0.126 e. The summed E-state index contributed by atoms with van der Waals surface area (Å²) in [5.41, 5.74) is 2.01. The number of benzene rings is 2. The van der Waals surface area contributed by atoms with E-state index in [1.54, 1.807) is 0 Å². The summed E-state index contributed by atoms with van der Waals surface area (Å²) in [5.74, 6) is 1.42. The quantitative estimate of drug-likeness (QED) is 0.706. The van der Waals surface area contributed by atoms with Gasteiger partial charge in [-0.1, -0.05) is 61.3 Å². The summed E-state index contributed by atoms with van der Waals surface area (Å²) >= 11 is 12.1. The van der Waals surface area contributed by atoms with Gasteiger partial charge in [-0.15, -0.1) is 0 Å². The number of ether oxygens (including phenoxy) is 1. The number of halogens is 2. The second-order valence-electron chi connectivity index (χ2n) is 8.28. The van der Waals surface area contributed by atoms with Crippen LogP contribution in [0.15, 0.2) is 48.5 Å². The van der Waals surface area contributed by atoms with Gasteiger partial charge in [0, 0.05) is 21.9 Å². The number of rotatable bonds is 7. The Labute approximate surface area is 178 Å². The first-order valence-electron chi connectivity index (χ1n) is 10.0. The van der Waals surface area contributed by atoms with Gasteiger partial charge in [-0.05, 0) is 41.8 Å². The molecule has 1 saturated heterocycles. The maximum absolute atomic E-state index is 10.6. The average molecular weight is 423 g/mol. The zero-order valence-electron chi connectivity index (χ0n) is 16.6. The van der Waals surface area contributed by atoms with E-state index in [9.17, 15) is 5.11 Å². The molecule has 1 fully saturated rings. The summed E-state index contributed by atoms with van der Waals surface area (Å²) in [6.45, 7) is 7.87. The Hall–Kier alpha value is -1.10. The molecule has 1 aliphatic heterocycles. The summed E-state index contributed by atoms with van der Waals surface area (Å²) in [7, 11) is 0. The summed E-state index contributed by atoms with van der Waals surface area (Å²) < 4.78 is 6.20. The molecule has 4 atom stereocenters. The lowest BCUT2D eigenvalue weighted by atomic mass is 9.92. The lowest BCUT2D eigenvalue weighted by molar-refractivity contribution is -0.915. The first kappa shape index (κ1) is 21.6. The van der Waals surface area contributed by atoms with Crippen LogP contribution in [-0.4, -0.2) is 37.5 Å². The number of aliphatic hydroxyl groups is 1. The van der Waals surface area contributed by atoms with Gasteiger partial charge in [0.05, 0.1) is 19.7 Å². The highest BCUT2D eigenvalue weighted by molar-refractivity contribution is 6.30. The highest BCUT2D eigenvalue weighted by Crippen LogP contribution is 2.28. The van der Waals surface area contributed by atoms with E-state index in [2.05, 4.69) is 13.8 Å². The van der Waals surface area contributed by atoms with Crippen molar-refractivity contribution in [2.45, 2.75) is 32.5 Å². The summed E-state index contributed by atoms with van der Waals surface area (Å²) in [5, 5.41) is 12.0. The Morgan fingerprint density at radius 3 is 1.86 bits per heavy atom. The third-order valence-corrected chi connectivity index (χ3v) is 5.91. The fourth-order valence-electron chi connectivity index (χ4n) is 4.35. The lowest BCUT2D eigenvalue weighted by Gasteiger charge is -2.33. The molecule has 28 heavy (non-hydrogen) atoms. The number of nitrogens with one attached hydrogen (secondary N) is 1. The van der Waals surface area contributed by atoms with Crippen LogP contribution in [0.2, 0.25) is 10.0 Å². The molecule has 1 heterocycles. The molecule has 0 spiro atoms. The minimum Gasteiger partial charge on any atom is -0.385 e. The maximum Gasteiger partial charge on any atom is 0.126 e. The van der Waals surface area contributed by atoms with Crippen LogP contribution in [0.4, 0.5) is 0 Å². The van der Waals surface area contributed by atoms with Gasteiger partial charge >= 0.3 is 0 Å². The number of piperidine rings is 1. The largest absolute Gasteiger partial charge is 0.385 e. The van der Waals surface area contributed by atoms with Crippen LogP contribution in [0.25, 0.3) is 0 Å². The van der Waals surface area contributed by atoms with Crippen molar-refractivity contribution in [2.75, 3.05) is 26.2 Å². The van der Waals surface area contributed by atoms with Crippen molar-refractivity contribution in [3.8, 4) is 0 Å². The zero-order valence-corrected chi connectivity index (χ0v) is 18.1. The molecule has 5 heteroatoms. The van der Waals surface area contributed by atoms with Crippen LogP contribution in [0, 0.1) is 11.8 Å². The van der Waals surface area contributed by atoms with Crippen molar-refractivity contribution in [2.24, 2.45) is 11.8 Å². The van der Waals surface area contributed by atoms with E-state index in [-0.39, 0.29) is 6.10 Å². The van der Waals surface area contributed by atoms with Gasteiger partial charge in [0.2, 0.25) is 0 Å². The molecule has 0 bridgehead atoms. The fraction of sp³-hybridized carbons (Fsp3) is 0.478. The van der Waals surface area contributed by atoms with E-state index in [1.165, 1.54) is 11.3 Å². The van der Waals surface area contributed by atoms with Crippen molar-refractivity contribution in [3.63, 3.8) is 0 Å². The van der Waals surface area contributed by atoms with E-state index >= 15 is 0 Å². The Kier molecular flexibility index (Phi) is 7.78. The second kappa shape index (κ2) is 10.1. The number of likely N-dealkylation sites (tertiary alicyclic amines) is 1. The number of hydrogen-bond donors (Lipinski definition) is 2. The van der Waals surface area contributed by atoms with Gasteiger partial charge in [0.1, 0.15) is 18.8 Å². The molecule has 3 nitrogen and oxygen atoms in total. The SMILES string of the molecule is C[C@@H]1C[C@H](C)C[NH+](C[C@H](O)COC(c2ccc(Cl)cc2)c2ccc(Cl)cc2)C1. The van der Waals surface area contributed by atoms with Crippen LogP contribution >= 0.6 is 23.2 Å². The maximum atomic E-state index is 10.6. The van der Waals surface area contributed by atoms with Crippen LogP contribution < -0.4 is 4.90 Å². The van der Waals surface area contributed by atoms with E-state index in [1.807, 2.05) is 48.5 Å². The molecule has 2 N–H and O–H groups in total. The van der Waals surface area contributed by atoms with Crippen LogP contribution in [-0.2, 0) is 4.74 Å². The minimum atomic E-state index is -0.491. The van der Waals surface area contributed by atoms with Gasteiger partial charge in [0.25, 0.3) is 0 Å². The third kappa shape index (κ3) is 6.20. The molecular formula is C23H30Cl2NO2+. The summed E-state index contributed by atoms with van der Waals surface area (Å²) in [6, 6.07) is 15.3. The van der Waals surface area contributed by atoms with Crippen molar-refractivity contribution in [1.82, 2.24) is 0 Å². The highest BCUT2D eigenvalue weighted by atomic mass is 35.5. The van der Waals surface area contributed by atoms with Gasteiger partial charge in [-0.3, -0.25) is 0 Å². The fourth-order valence-corrected chi connectivity index (χ4v) is 4.60. The molecule has 152 valence electrons. The predicted molar refractivity (Wildman–Crippen MR) is 115 cm³/mol. The number of aliphatic hydroxyl groups excluding tert-OH is 1. The first-order valence-corrected chi connectivity index (χ1v) is 10.8. The Bertz CT molecular complexity index is 680. The molecule has 1 unspecified atom stereocenters. The number of hydrogen-bond acceptors (Lipinski definition) is 2. The lowest BCUT2D eigenvalue weighted by Crippen LogP contribution is -3.15. The predicted octanol–water partition coefficient (Wildman–Crippen LogP) is 4.02. The van der Waals surface area contributed by atoms with Crippen molar-refractivity contribution >= 4 is 23.2 Å². The minimum absolute atomic E-state index is 0.265. The zero-order chi connectivity index (χ0) is 20.1. The molecule has 3 rings (SSSR count). The molecule has 0 saturated carbocycles. The van der Waals surface area contributed by atoms with Gasteiger partial charge < -0.3 is 14.7 Å². The molecule has 1 aliphatic rings. The summed E-state index contributed by atoms with van der Waals surface area (Å²) in [4.78, 5) is 1.47. The molecular weight excluding hydrogens is 393 g/mol. The number of quaternary nitrogens is 1. The molecule has 0 amide bonds. The van der Waals surface area contributed by atoms with Crippen LogP contribution in [0.1, 0.15) is 37.5 Å². The van der Waals surface area contributed by atoms with Crippen molar-refractivity contribution in [3.05, 3.63) is 69.7 Å². The molecule has 0 aromatic heterocycles. The Balaban J connectivity index is 1.65. The second-order valence-corrected chi connectivity index (χ2v) is 9.15. The molecule has 2 aromatic rings.